The van der Waals surface area contributed by atoms with Gasteiger partial charge in [0.25, 0.3) is 8.48 Å². The first kappa shape index (κ1) is 10.2. The van der Waals surface area contributed by atoms with Gasteiger partial charge in [0, 0.05) is 6.61 Å². The summed E-state index contributed by atoms with van der Waals surface area (Å²) < 4.78 is 5.94. The Morgan fingerprint density at radius 3 is 2.33 bits per heavy atom. The average Bonchev–Trinajstić information content (AvgIpc) is 2.07. The van der Waals surface area contributed by atoms with E-state index >= 15 is 0 Å². The van der Waals surface area contributed by atoms with E-state index in [0.29, 0.717) is 0 Å². The Morgan fingerprint density at radius 1 is 1.17 bits per heavy atom. The van der Waals surface area contributed by atoms with Crippen molar-refractivity contribution < 1.29 is 4.43 Å². The molecule has 12 heavy (non-hydrogen) atoms. The van der Waals surface area contributed by atoms with Gasteiger partial charge in [-0.3, -0.25) is 0 Å². The molecule has 0 aromatic carbocycles. The van der Waals surface area contributed by atoms with E-state index in [1.165, 1.54) is 31.4 Å². The molecule has 1 fully saturated rings. The molecule has 0 aromatic heterocycles. The van der Waals surface area contributed by atoms with E-state index in [1.54, 1.807) is 0 Å². The van der Waals surface area contributed by atoms with Crippen molar-refractivity contribution in [2.45, 2.75) is 45.2 Å². The second kappa shape index (κ2) is 4.99. The molecule has 2 nitrogen and oxygen atoms in total. The summed E-state index contributed by atoms with van der Waals surface area (Å²) in [4.78, 5) is 3.62. The van der Waals surface area contributed by atoms with Gasteiger partial charge in [-0.2, -0.15) is 0 Å². The van der Waals surface area contributed by atoms with E-state index in [4.69, 9.17) is 4.43 Å². The van der Waals surface area contributed by atoms with Crippen LogP contribution < -0.4 is 4.98 Å². The van der Waals surface area contributed by atoms with Crippen LogP contribution in [0.2, 0.25) is 12.1 Å². The van der Waals surface area contributed by atoms with Gasteiger partial charge in [-0.1, -0.05) is 26.2 Å². The molecule has 1 heterocycles. The lowest BCUT2D eigenvalue weighted by Gasteiger charge is -2.34. The molecule has 0 spiro atoms. The molecule has 0 atom stereocenters. The molecule has 0 aliphatic carbocycles. The molecule has 1 N–H and O–H groups in total. The average molecular weight is 187 g/mol. The quantitative estimate of drug-likeness (QED) is 0.682. The van der Waals surface area contributed by atoms with Crippen LogP contribution in [0.1, 0.15) is 33.1 Å². The lowest BCUT2D eigenvalue weighted by atomic mass is 10.3. The van der Waals surface area contributed by atoms with Crippen molar-refractivity contribution in [2.75, 3.05) is 13.2 Å². The van der Waals surface area contributed by atoms with Crippen molar-refractivity contribution in [3.63, 3.8) is 0 Å². The van der Waals surface area contributed by atoms with Crippen molar-refractivity contribution in [3.05, 3.63) is 0 Å². The molecule has 0 amide bonds. The molecule has 0 unspecified atom stereocenters. The van der Waals surface area contributed by atoms with Crippen molar-refractivity contribution in [1.82, 2.24) is 4.98 Å². The normalized spacial score (nSPS) is 22.5. The molecule has 0 aromatic rings. The molecule has 1 aliphatic heterocycles. The van der Waals surface area contributed by atoms with Crippen LogP contribution in [0.5, 0.6) is 0 Å². The predicted octanol–water partition coefficient (Wildman–Crippen LogP) is 2.26. The van der Waals surface area contributed by atoms with E-state index in [0.717, 1.165) is 13.2 Å². The minimum Gasteiger partial charge on any atom is -0.403 e. The summed E-state index contributed by atoms with van der Waals surface area (Å²) in [6.45, 7) is 6.26. The molecule has 1 saturated heterocycles. The summed E-state index contributed by atoms with van der Waals surface area (Å²) in [6, 6.07) is 2.66. The Bertz CT molecular complexity index is 108. The Hall–Kier alpha value is 0.137. The van der Waals surface area contributed by atoms with Gasteiger partial charge < -0.3 is 9.41 Å². The van der Waals surface area contributed by atoms with Crippen LogP contribution in [0, 0.1) is 0 Å². The molecule has 1 aliphatic rings. The Labute approximate surface area is 76.9 Å². The number of hydrogen-bond donors (Lipinski definition) is 1. The van der Waals surface area contributed by atoms with Crippen LogP contribution >= 0.6 is 0 Å². The van der Waals surface area contributed by atoms with Crippen LogP contribution in [-0.4, -0.2) is 21.6 Å². The second-order valence-corrected chi connectivity index (χ2v) is 7.15. The van der Waals surface area contributed by atoms with Crippen LogP contribution in [-0.2, 0) is 4.43 Å². The van der Waals surface area contributed by atoms with Crippen molar-refractivity contribution >= 4 is 8.48 Å². The molecule has 0 saturated carbocycles. The maximum Gasteiger partial charge on any atom is 0.268 e. The highest BCUT2D eigenvalue weighted by Gasteiger charge is 2.35. The Balaban J connectivity index is 2.44. The fraction of sp³-hybridized carbons (Fsp3) is 1.00. The van der Waals surface area contributed by atoms with E-state index in [-0.39, 0.29) is 0 Å². The first-order valence-corrected chi connectivity index (χ1v) is 7.54. The number of nitrogens with one attached hydrogen (secondary N) is 1. The maximum absolute atomic E-state index is 5.94. The van der Waals surface area contributed by atoms with Gasteiger partial charge in [-0.25, -0.2) is 0 Å². The molecule has 72 valence electrons. The smallest absolute Gasteiger partial charge is 0.268 e. The van der Waals surface area contributed by atoms with Crippen LogP contribution in [0.25, 0.3) is 0 Å². The number of rotatable bonds is 4. The zero-order valence-corrected chi connectivity index (χ0v) is 9.36. The first-order chi connectivity index (χ1) is 5.83. The third-order valence-corrected chi connectivity index (χ3v) is 6.74. The van der Waals surface area contributed by atoms with Gasteiger partial charge in [-0.15, -0.1) is 0 Å². The SMILES string of the molecule is CCN[Si]1(OCC)CCCCC1. The molecule has 0 bridgehead atoms. The lowest BCUT2D eigenvalue weighted by molar-refractivity contribution is 0.300. The monoisotopic (exact) mass is 187 g/mol. The fourth-order valence-electron chi connectivity index (χ4n) is 2.09. The topological polar surface area (TPSA) is 21.3 Å². The van der Waals surface area contributed by atoms with E-state index in [1.807, 2.05) is 0 Å². The highest BCUT2D eigenvalue weighted by atomic mass is 28.4. The van der Waals surface area contributed by atoms with Gasteiger partial charge in [0.05, 0.1) is 0 Å². The zero-order valence-electron chi connectivity index (χ0n) is 8.36. The lowest BCUT2D eigenvalue weighted by Crippen LogP contribution is -2.54. The molecule has 1 rings (SSSR count). The van der Waals surface area contributed by atoms with Crippen LogP contribution in [0.3, 0.4) is 0 Å². The van der Waals surface area contributed by atoms with E-state index < -0.39 is 8.48 Å². The molecule has 0 radical (unpaired) electrons. The molecular formula is C9H21NOSi. The fourth-order valence-corrected chi connectivity index (χ4v) is 5.93. The summed E-state index contributed by atoms with van der Waals surface area (Å²) in [7, 11) is -1.43. The van der Waals surface area contributed by atoms with Crippen molar-refractivity contribution in [3.8, 4) is 0 Å². The summed E-state index contributed by atoms with van der Waals surface area (Å²) in [5.74, 6) is 0. The molecule has 3 heteroatoms. The summed E-state index contributed by atoms with van der Waals surface area (Å²) >= 11 is 0. The standard InChI is InChI=1S/C9H21NOSi/c1-3-10-12(11-4-2)8-6-5-7-9-12/h10H,3-9H2,1-2H3. The van der Waals surface area contributed by atoms with Crippen molar-refractivity contribution in [1.29, 1.82) is 0 Å². The van der Waals surface area contributed by atoms with Crippen molar-refractivity contribution in [2.24, 2.45) is 0 Å². The van der Waals surface area contributed by atoms with Gasteiger partial charge in [0.1, 0.15) is 0 Å². The minimum absolute atomic E-state index is 0.888. The number of hydrogen-bond acceptors (Lipinski definition) is 2. The van der Waals surface area contributed by atoms with Gasteiger partial charge in [0.2, 0.25) is 0 Å². The maximum atomic E-state index is 5.94. The summed E-state index contributed by atoms with van der Waals surface area (Å²) in [6.07, 6.45) is 4.16. The Morgan fingerprint density at radius 2 is 1.83 bits per heavy atom. The highest BCUT2D eigenvalue weighted by Crippen LogP contribution is 2.26. The predicted molar refractivity (Wildman–Crippen MR) is 54.5 cm³/mol. The summed E-state index contributed by atoms with van der Waals surface area (Å²) in [5.41, 5.74) is 0. The zero-order chi connectivity index (χ0) is 8.86. The van der Waals surface area contributed by atoms with Gasteiger partial charge in [-0.05, 0) is 25.6 Å². The largest absolute Gasteiger partial charge is 0.403 e. The van der Waals surface area contributed by atoms with E-state index in [9.17, 15) is 0 Å². The van der Waals surface area contributed by atoms with Gasteiger partial charge in [0.15, 0.2) is 0 Å². The third-order valence-electron chi connectivity index (χ3n) is 2.58. The van der Waals surface area contributed by atoms with Crippen LogP contribution in [0.15, 0.2) is 0 Å². The Kier molecular flexibility index (Phi) is 4.25. The second-order valence-electron chi connectivity index (χ2n) is 3.52. The molecular weight excluding hydrogens is 166 g/mol. The third kappa shape index (κ3) is 2.57. The first-order valence-electron chi connectivity index (χ1n) is 5.22. The summed E-state index contributed by atoms with van der Waals surface area (Å²) in [5, 5.41) is 0. The van der Waals surface area contributed by atoms with Gasteiger partial charge >= 0.3 is 0 Å². The van der Waals surface area contributed by atoms with E-state index in [2.05, 4.69) is 18.8 Å². The van der Waals surface area contributed by atoms with Crippen LogP contribution in [0.4, 0.5) is 0 Å². The highest BCUT2D eigenvalue weighted by molar-refractivity contribution is 6.71. The minimum atomic E-state index is -1.43.